The molecule has 21 heavy (non-hydrogen) atoms. The Morgan fingerprint density at radius 2 is 2.14 bits per heavy atom. The van der Waals surface area contributed by atoms with Crippen LogP contribution in [-0.4, -0.2) is 28.4 Å². The predicted molar refractivity (Wildman–Crippen MR) is 83.4 cm³/mol. The fourth-order valence-electron chi connectivity index (χ4n) is 2.66. The van der Waals surface area contributed by atoms with Gasteiger partial charge in [0.25, 0.3) is 5.91 Å². The summed E-state index contributed by atoms with van der Waals surface area (Å²) in [7, 11) is 0. The highest BCUT2D eigenvalue weighted by Crippen LogP contribution is 2.30. The van der Waals surface area contributed by atoms with E-state index < -0.39 is 11.6 Å². The van der Waals surface area contributed by atoms with Crippen molar-refractivity contribution in [3.8, 4) is 0 Å². The maximum absolute atomic E-state index is 12.7. The fourth-order valence-corrected chi connectivity index (χ4v) is 3.37. The van der Waals surface area contributed by atoms with E-state index in [9.17, 15) is 9.59 Å². The zero-order valence-corrected chi connectivity index (χ0v) is 13.0. The summed E-state index contributed by atoms with van der Waals surface area (Å²) in [6.45, 7) is 5.38. The van der Waals surface area contributed by atoms with Crippen molar-refractivity contribution in [2.75, 3.05) is 4.90 Å². The predicted octanol–water partition coefficient (Wildman–Crippen LogP) is 2.32. The van der Waals surface area contributed by atoms with Gasteiger partial charge in [0, 0.05) is 5.69 Å². The standard InChI is InChI=1S/C15H17N3O2S/c1-4-11-13(19)17-15(2,3)14(20)18(11)9-5-6-10-12(7-9)21-8-16-10/h5-8,11H,4H2,1-3H3,(H,17,19). The lowest BCUT2D eigenvalue weighted by Crippen LogP contribution is -2.68. The van der Waals surface area contributed by atoms with Crippen LogP contribution in [0.15, 0.2) is 23.7 Å². The monoisotopic (exact) mass is 303 g/mol. The summed E-state index contributed by atoms with van der Waals surface area (Å²) in [6.07, 6.45) is 0.578. The van der Waals surface area contributed by atoms with Gasteiger partial charge in [0.05, 0.1) is 15.7 Å². The number of piperazine rings is 1. The quantitative estimate of drug-likeness (QED) is 0.926. The highest BCUT2D eigenvalue weighted by Gasteiger charge is 2.45. The number of carbonyl (C=O) groups excluding carboxylic acids is 2. The Morgan fingerprint density at radius 1 is 1.38 bits per heavy atom. The number of fused-ring (bicyclic) bond motifs is 1. The summed E-state index contributed by atoms with van der Waals surface area (Å²) in [5.74, 6) is -0.190. The minimum atomic E-state index is -0.884. The highest BCUT2D eigenvalue weighted by atomic mass is 32.1. The lowest BCUT2D eigenvalue weighted by molar-refractivity contribution is -0.137. The summed E-state index contributed by atoms with van der Waals surface area (Å²) < 4.78 is 1.01. The van der Waals surface area contributed by atoms with E-state index in [0.717, 1.165) is 15.9 Å². The second-order valence-electron chi connectivity index (χ2n) is 5.72. The molecule has 0 aliphatic carbocycles. The molecule has 0 saturated carbocycles. The van der Waals surface area contributed by atoms with Crippen LogP contribution < -0.4 is 10.2 Å². The molecule has 2 amide bonds. The second kappa shape index (κ2) is 4.80. The molecule has 1 fully saturated rings. The van der Waals surface area contributed by atoms with Crippen molar-refractivity contribution < 1.29 is 9.59 Å². The van der Waals surface area contributed by atoms with Gasteiger partial charge in [-0.15, -0.1) is 11.3 Å². The molecule has 0 radical (unpaired) electrons. The van der Waals surface area contributed by atoms with Gasteiger partial charge in [-0.3, -0.25) is 14.5 Å². The number of carbonyl (C=O) groups is 2. The number of hydrogen-bond acceptors (Lipinski definition) is 4. The molecule has 1 aliphatic heterocycles. The number of hydrogen-bond donors (Lipinski definition) is 1. The zero-order valence-electron chi connectivity index (χ0n) is 12.2. The number of aromatic nitrogens is 1. The van der Waals surface area contributed by atoms with Crippen LogP contribution in [0.25, 0.3) is 10.2 Å². The first kappa shape index (κ1) is 14.0. The molecule has 3 rings (SSSR count). The van der Waals surface area contributed by atoms with Gasteiger partial charge in [-0.2, -0.15) is 0 Å². The average molecular weight is 303 g/mol. The lowest BCUT2D eigenvalue weighted by Gasteiger charge is -2.42. The molecule has 1 saturated heterocycles. The molecule has 110 valence electrons. The molecule has 6 heteroatoms. The normalized spacial score (nSPS) is 21.7. The van der Waals surface area contributed by atoms with Gasteiger partial charge in [-0.05, 0) is 38.5 Å². The van der Waals surface area contributed by atoms with Crippen molar-refractivity contribution >= 4 is 39.1 Å². The van der Waals surface area contributed by atoms with Gasteiger partial charge < -0.3 is 5.32 Å². The van der Waals surface area contributed by atoms with Crippen LogP contribution in [0, 0.1) is 0 Å². The van der Waals surface area contributed by atoms with Gasteiger partial charge in [0.15, 0.2) is 0 Å². The molecule has 0 spiro atoms. The summed E-state index contributed by atoms with van der Waals surface area (Å²) in [4.78, 5) is 30.9. The van der Waals surface area contributed by atoms with E-state index in [1.807, 2.05) is 25.1 Å². The van der Waals surface area contributed by atoms with E-state index >= 15 is 0 Å². The molecule has 0 bridgehead atoms. The van der Waals surface area contributed by atoms with Crippen molar-refractivity contribution in [2.24, 2.45) is 0 Å². The summed E-state index contributed by atoms with van der Waals surface area (Å²) in [5, 5.41) is 2.80. The van der Waals surface area contributed by atoms with Gasteiger partial charge in [0.2, 0.25) is 5.91 Å². The number of rotatable bonds is 2. The van der Waals surface area contributed by atoms with Gasteiger partial charge in [-0.1, -0.05) is 6.92 Å². The van der Waals surface area contributed by atoms with Crippen LogP contribution in [0.3, 0.4) is 0 Å². The van der Waals surface area contributed by atoms with Crippen molar-refractivity contribution in [1.29, 1.82) is 0 Å². The number of benzene rings is 1. The third-order valence-corrected chi connectivity index (χ3v) is 4.57. The molecule has 1 N–H and O–H groups in total. The Hall–Kier alpha value is -1.95. The van der Waals surface area contributed by atoms with Crippen LogP contribution in [0.1, 0.15) is 27.2 Å². The Bertz CT molecular complexity index is 723. The van der Waals surface area contributed by atoms with Crippen molar-refractivity contribution in [3.05, 3.63) is 23.7 Å². The summed E-state index contributed by atoms with van der Waals surface area (Å²) >= 11 is 1.53. The van der Waals surface area contributed by atoms with Crippen LogP contribution >= 0.6 is 11.3 Å². The van der Waals surface area contributed by atoms with Crippen LogP contribution in [-0.2, 0) is 9.59 Å². The van der Waals surface area contributed by atoms with E-state index in [0.29, 0.717) is 6.42 Å². The number of amides is 2. The van der Waals surface area contributed by atoms with E-state index in [1.165, 1.54) is 11.3 Å². The van der Waals surface area contributed by atoms with Gasteiger partial charge in [-0.25, -0.2) is 4.98 Å². The van der Waals surface area contributed by atoms with E-state index in [1.54, 1.807) is 24.3 Å². The number of nitrogens with zero attached hydrogens (tertiary/aromatic N) is 2. The highest BCUT2D eigenvalue weighted by molar-refractivity contribution is 7.16. The van der Waals surface area contributed by atoms with E-state index in [4.69, 9.17) is 0 Å². The van der Waals surface area contributed by atoms with Crippen LogP contribution in [0.4, 0.5) is 5.69 Å². The van der Waals surface area contributed by atoms with E-state index in [-0.39, 0.29) is 11.8 Å². The smallest absolute Gasteiger partial charge is 0.252 e. The largest absolute Gasteiger partial charge is 0.340 e. The summed E-state index contributed by atoms with van der Waals surface area (Å²) in [6, 6.07) is 5.22. The fraction of sp³-hybridized carbons (Fsp3) is 0.400. The first-order chi connectivity index (χ1) is 9.94. The van der Waals surface area contributed by atoms with Gasteiger partial charge >= 0.3 is 0 Å². The molecule has 1 unspecified atom stereocenters. The molecular formula is C15H17N3O2S. The maximum atomic E-state index is 12.7. The molecule has 1 aliphatic rings. The SMILES string of the molecule is CCC1C(=O)NC(C)(C)C(=O)N1c1ccc2ncsc2c1. The topological polar surface area (TPSA) is 62.3 Å². The Labute approximate surface area is 127 Å². The maximum Gasteiger partial charge on any atom is 0.252 e. The Balaban J connectivity index is 2.10. The first-order valence-electron chi connectivity index (χ1n) is 6.93. The zero-order chi connectivity index (χ0) is 15.2. The van der Waals surface area contributed by atoms with Crippen molar-refractivity contribution in [1.82, 2.24) is 10.3 Å². The average Bonchev–Trinajstić information content (AvgIpc) is 2.89. The van der Waals surface area contributed by atoms with Crippen molar-refractivity contribution in [3.63, 3.8) is 0 Å². The van der Waals surface area contributed by atoms with Gasteiger partial charge in [0.1, 0.15) is 11.6 Å². The third kappa shape index (κ3) is 2.19. The lowest BCUT2D eigenvalue weighted by atomic mass is 9.95. The molecule has 1 aromatic heterocycles. The number of thiazole rings is 1. The first-order valence-corrected chi connectivity index (χ1v) is 7.81. The molecule has 5 nitrogen and oxygen atoms in total. The second-order valence-corrected chi connectivity index (χ2v) is 6.60. The Morgan fingerprint density at radius 3 is 2.86 bits per heavy atom. The number of anilines is 1. The Kier molecular flexibility index (Phi) is 3.20. The van der Waals surface area contributed by atoms with Crippen LogP contribution in [0.5, 0.6) is 0 Å². The molecule has 2 aromatic rings. The minimum Gasteiger partial charge on any atom is -0.340 e. The molecule has 2 heterocycles. The summed E-state index contributed by atoms with van der Waals surface area (Å²) in [5.41, 5.74) is 2.56. The number of nitrogens with one attached hydrogen (secondary N) is 1. The third-order valence-electron chi connectivity index (χ3n) is 3.78. The van der Waals surface area contributed by atoms with E-state index in [2.05, 4.69) is 10.3 Å². The molecular weight excluding hydrogens is 286 g/mol. The van der Waals surface area contributed by atoms with Crippen LogP contribution in [0.2, 0.25) is 0 Å². The minimum absolute atomic E-state index is 0.0854. The van der Waals surface area contributed by atoms with Crippen molar-refractivity contribution in [2.45, 2.75) is 38.8 Å². The molecule has 1 aromatic carbocycles. The molecule has 1 atom stereocenters.